The third-order valence-corrected chi connectivity index (χ3v) is 15.6. The summed E-state index contributed by atoms with van der Waals surface area (Å²) in [4.78, 5) is 33.6. The number of hydrogen-bond acceptors (Lipinski definition) is 10. The van der Waals surface area contributed by atoms with Crippen molar-refractivity contribution in [1.29, 1.82) is 0 Å². The highest BCUT2D eigenvalue weighted by atomic mass is 32.2. The van der Waals surface area contributed by atoms with Gasteiger partial charge < -0.3 is 40.5 Å². The zero-order chi connectivity index (χ0) is 43.8. The summed E-state index contributed by atoms with van der Waals surface area (Å²) in [6, 6.07) is 26.7. The van der Waals surface area contributed by atoms with Crippen molar-refractivity contribution >= 4 is 58.1 Å². The highest BCUT2D eigenvalue weighted by molar-refractivity contribution is 8.00. The number of halogens is 3. The van der Waals surface area contributed by atoms with Crippen LogP contribution in [0.1, 0.15) is 49.7 Å². The molecule has 7 aliphatic heterocycles. The fourth-order valence-corrected chi connectivity index (χ4v) is 11.8. The second-order valence-electron chi connectivity index (χ2n) is 18.1. The molecule has 5 fully saturated rings. The van der Waals surface area contributed by atoms with Gasteiger partial charge in [-0.15, -0.1) is 0 Å². The van der Waals surface area contributed by atoms with Gasteiger partial charge in [-0.1, -0.05) is 53.9 Å². The molecule has 5 saturated heterocycles. The number of piperidine rings is 2. The number of amides is 2. The summed E-state index contributed by atoms with van der Waals surface area (Å²) in [5.74, 6) is 0.436. The average molecular weight is 901 g/mol. The number of fused-ring (bicyclic) bond motifs is 4. The minimum absolute atomic E-state index is 0.0959. The number of para-hydroxylation sites is 2. The molecule has 4 N–H and O–H groups in total. The molecule has 15 heteroatoms. The van der Waals surface area contributed by atoms with E-state index in [-0.39, 0.29) is 23.3 Å². The molecule has 0 aromatic heterocycles. The van der Waals surface area contributed by atoms with Crippen molar-refractivity contribution in [3.8, 4) is 0 Å². The first-order valence-electron chi connectivity index (χ1n) is 22.0. The minimum atomic E-state index is -4.33. The van der Waals surface area contributed by atoms with Crippen LogP contribution in [0.2, 0.25) is 0 Å². The summed E-state index contributed by atoms with van der Waals surface area (Å²) in [7, 11) is 0. The number of β-amino-alcohol motifs (C(OH)–C–C–N with tert-alkyl or cyclic N) is 1. The summed E-state index contributed by atoms with van der Waals surface area (Å²) in [5, 5.41) is 20.2. The number of anilines is 4. The number of aliphatic hydroxyl groups is 1. The molecule has 2 amide bonds. The molecule has 7 aliphatic rings. The largest absolute Gasteiger partial charge is 0.416 e. The van der Waals surface area contributed by atoms with Crippen molar-refractivity contribution < 1.29 is 32.6 Å². The van der Waals surface area contributed by atoms with Gasteiger partial charge in [0.25, 0.3) is 0 Å². The van der Waals surface area contributed by atoms with Gasteiger partial charge in [0, 0.05) is 52.1 Å². The van der Waals surface area contributed by atoms with E-state index in [4.69, 9.17) is 4.74 Å². The predicted molar refractivity (Wildman–Crippen MR) is 241 cm³/mol. The first-order valence-corrected chi connectivity index (χ1v) is 23.6. The van der Waals surface area contributed by atoms with Gasteiger partial charge in [0.1, 0.15) is 0 Å². The van der Waals surface area contributed by atoms with Crippen LogP contribution in [0, 0.1) is 17.8 Å². The van der Waals surface area contributed by atoms with Gasteiger partial charge in [-0.25, -0.2) is 0 Å². The first kappa shape index (κ1) is 44.0. The van der Waals surface area contributed by atoms with E-state index in [2.05, 4.69) is 75.1 Å². The third kappa shape index (κ3) is 10.2. The van der Waals surface area contributed by atoms with E-state index in [9.17, 15) is 27.9 Å². The molecule has 11 rings (SSSR count). The van der Waals surface area contributed by atoms with Crippen LogP contribution in [0.15, 0.2) is 105 Å². The van der Waals surface area contributed by atoms with Crippen LogP contribution < -0.4 is 25.8 Å². The van der Waals surface area contributed by atoms with E-state index < -0.39 is 17.8 Å². The van der Waals surface area contributed by atoms with Crippen molar-refractivity contribution in [3.63, 3.8) is 0 Å². The number of rotatable bonds is 6. The van der Waals surface area contributed by atoms with E-state index in [1.54, 1.807) is 17.8 Å². The number of carbonyl (C=O) groups excluding carboxylic acids is 2. The molecule has 2 atom stereocenters. The Labute approximate surface area is 375 Å². The number of carbonyl (C=O) groups is 2. The van der Waals surface area contributed by atoms with E-state index in [0.717, 1.165) is 92.9 Å². The van der Waals surface area contributed by atoms with Crippen LogP contribution in [0.3, 0.4) is 0 Å². The Bertz CT molecular complexity index is 2310. The fourth-order valence-electron chi connectivity index (χ4n) is 9.66. The summed E-state index contributed by atoms with van der Waals surface area (Å²) in [5.41, 5.74) is 4.99. The lowest BCUT2D eigenvalue weighted by molar-refractivity contribution is -0.137. The number of aryl methyl sites for hydroxylation is 1. The van der Waals surface area contributed by atoms with Crippen molar-refractivity contribution in [1.82, 2.24) is 20.9 Å². The Balaban J connectivity index is 0.000000133. The highest BCUT2D eigenvalue weighted by Crippen LogP contribution is 2.51. The number of epoxide rings is 1. The van der Waals surface area contributed by atoms with Crippen LogP contribution in [-0.2, 0) is 20.5 Å². The maximum absolute atomic E-state index is 13.0. The molecule has 4 aromatic rings. The lowest BCUT2D eigenvalue weighted by Gasteiger charge is -2.40. The van der Waals surface area contributed by atoms with Crippen molar-refractivity contribution in [2.45, 2.75) is 83.4 Å². The molecule has 2 spiro atoms. The Kier molecular flexibility index (Phi) is 12.8. The average Bonchev–Trinajstić information content (AvgIpc) is 3.93. The number of ether oxygens (including phenoxy) is 1. The standard InChI is InChI=1S/C24H29N3O2S.C16H12F3NOS.C8H14N2O/c1-17-6-7-22-20(12-17)27(19-4-2-3-5-21(19)30-22)15-18(28)14-26-10-8-24(9-11-26)13-23(29)25-16-24;17-16(18,19)10-5-6-15-13(7-10)20(8-11-9-21-11)12-3-1-2-4-14(12)22-15;11-7-5-8(6-10-7)1-3-9-4-2-8/h2-7,12,18,28H,8-11,13-16H2,1H3,(H,25,29);1-7,11H,8-9H2;9H,1-6H2,(H,10,11). The van der Waals surface area contributed by atoms with Crippen LogP contribution in [0.25, 0.3) is 0 Å². The van der Waals surface area contributed by atoms with Crippen molar-refractivity contribution in [2.24, 2.45) is 10.8 Å². The Morgan fingerprint density at radius 2 is 1.27 bits per heavy atom. The molecule has 2 unspecified atom stereocenters. The molecule has 0 aliphatic carbocycles. The zero-order valence-electron chi connectivity index (χ0n) is 35.5. The van der Waals surface area contributed by atoms with Crippen LogP contribution in [0.4, 0.5) is 35.9 Å². The van der Waals surface area contributed by atoms with Gasteiger partial charge in [0.2, 0.25) is 11.8 Å². The van der Waals surface area contributed by atoms with Gasteiger partial charge in [0.05, 0.1) is 60.2 Å². The molecule has 10 nitrogen and oxygen atoms in total. The highest BCUT2D eigenvalue weighted by Gasteiger charge is 2.42. The van der Waals surface area contributed by atoms with Crippen LogP contribution >= 0.6 is 23.5 Å². The molecule has 63 heavy (non-hydrogen) atoms. The van der Waals surface area contributed by atoms with E-state index >= 15 is 0 Å². The second-order valence-corrected chi connectivity index (χ2v) is 20.2. The molecule has 334 valence electrons. The fraction of sp³-hybridized carbons (Fsp3) is 0.458. The number of nitrogens with zero attached hydrogens (tertiary/aromatic N) is 3. The number of likely N-dealkylation sites (tertiary alicyclic amines) is 1. The smallest absolute Gasteiger partial charge is 0.390 e. The van der Waals surface area contributed by atoms with E-state index in [0.29, 0.717) is 43.8 Å². The van der Waals surface area contributed by atoms with Crippen molar-refractivity contribution in [3.05, 3.63) is 96.1 Å². The van der Waals surface area contributed by atoms with Gasteiger partial charge in [-0.2, -0.15) is 13.2 Å². The van der Waals surface area contributed by atoms with Crippen LogP contribution in [-0.4, -0.2) is 99.5 Å². The van der Waals surface area contributed by atoms with E-state index in [1.165, 1.54) is 44.6 Å². The molecule has 0 bridgehead atoms. The second kappa shape index (κ2) is 18.3. The molecule has 4 aromatic carbocycles. The monoisotopic (exact) mass is 900 g/mol. The Hall–Kier alpha value is -4.25. The number of nitrogens with one attached hydrogen (secondary N) is 3. The predicted octanol–water partition coefficient (Wildman–Crippen LogP) is 8.14. The van der Waals surface area contributed by atoms with Crippen LogP contribution in [0.5, 0.6) is 0 Å². The van der Waals surface area contributed by atoms with Gasteiger partial charge in [-0.3, -0.25) is 9.59 Å². The zero-order valence-corrected chi connectivity index (χ0v) is 37.1. The topological polar surface area (TPSA) is 113 Å². The van der Waals surface area contributed by atoms with Gasteiger partial charge >= 0.3 is 6.18 Å². The normalized spacial score (nSPS) is 22.0. The summed E-state index contributed by atoms with van der Waals surface area (Å²) >= 11 is 3.30. The van der Waals surface area contributed by atoms with Crippen molar-refractivity contribution in [2.75, 3.05) is 75.3 Å². The first-order chi connectivity index (χ1) is 30.3. The maximum atomic E-state index is 13.0. The Morgan fingerprint density at radius 3 is 1.84 bits per heavy atom. The SMILES string of the molecule is Cc1ccc2c(c1)N(CC(O)CN1CCC3(CC1)CNC(=O)C3)c1ccccc1S2.FC(F)(F)c1ccc2c(c1)N(CC1CO1)c1ccccc1S2.O=C1CC2(CCNCC2)CN1. The number of benzene rings is 4. The number of hydrogen-bond donors (Lipinski definition) is 4. The Morgan fingerprint density at radius 1 is 0.730 bits per heavy atom. The van der Waals surface area contributed by atoms with E-state index in [1.807, 2.05) is 29.2 Å². The number of alkyl halides is 3. The summed E-state index contributed by atoms with van der Waals surface area (Å²) in [6.07, 6.45) is 1.13. The maximum Gasteiger partial charge on any atom is 0.416 e. The summed E-state index contributed by atoms with van der Waals surface area (Å²) < 4.78 is 44.3. The third-order valence-electron chi connectivity index (χ3n) is 13.4. The van der Waals surface area contributed by atoms with Gasteiger partial charge in [0.15, 0.2) is 0 Å². The molecule has 0 saturated carbocycles. The summed E-state index contributed by atoms with van der Waals surface area (Å²) in [6.45, 7) is 10.4. The lowest BCUT2D eigenvalue weighted by atomic mass is 9.77. The number of aliphatic hydroxyl groups excluding tert-OH is 1. The molecular formula is C48H55F3N6O4S2. The molecular weight excluding hydrogens is 846 g/mol. The minimum Gasteiger partial charge on any atom is -0.390 e. The lowest BCUT2D eigenvalue weighted by Crippen LogP contribution is -2.46. The molecule has 7 heterocycles. The quantitative estimate of drug-likeness (QED) is 0.142. The van der Waals surface area contributed by atoms with Gasteiger partial charge in [-0.05, 0) is 130 Å². The molecule has 0 radical (unpaired) electrons.